The molecule has 2 aromatic carbocycles. The lowest BCUT2D eigenvalue weighted by molar-refractivity contribution is -0.137. The second kappa shape index (κ2) is 7.78. The first kappa shape index (κ1) is 18.4. The first-order valence-electron chi connectivity index (χ1n) is 7.26. The standard InChI is InChI=1S/C17H17F3N2O3/c1-24-14-8-7-13(9-15(14)25-2)22-16(23)10-21-12-5-3-11(4-6-12)17(18,19)20/h3-9,21H,10H2,1-2H3,(H,22,23). The molecule has 0 aliphatic rings. The topological polar surface area (TPSA) is 59.6 Å². The van der Waals surface area contributed by atoms with Crippen LogP contribution in [0.3, 0.4) is 0 Å². The summed E-state index contributed by atoms with van der Waals surface area (Å²) in [5.74, 6) is 0.645. The fourth-order valence-electron chi connectivity index (χ4n) is 2.08. The van der Waals surface area contributed by atoms with Gasteiger partial charge in [-0.15, -0.1) is 0 Å². The van der Waals surface area contributed by atoms with Crippen LogP contribution in [0.5, 0.6) is 11.5 Å². The number of benzene rings is 2. The van der Waals surface area contributed by atoms with Crippen LogP contribution in [-0.2, 0) is 11.0 Å². The fraction of sp³-hybridized carbons (Fsp3) is 0.235. The summed E-state index contributed by atoms with van der Waals surface area (Å²) < 4.78 is 47.7. The Balaban J connectivity index is 1.92. The first-order chi connectivity index (χ1) is 11.8. The van der Waals surface area contributed by atoms with Crippen molar-refractivity contribution in [2.45, 2.75) is 6.18 Å². The van der Waals surface area contributed by atoms with Gasteiger partial charge in [-0.2, -0.15) is 13.2 Å². The van der Waals surface area contributed by atoms with Gasteiger partial charge in [-0.25, -0.2) is 0 Å². The monoisotopic (exact) mass is 354 g/mol. The molecule has 0 saturated carbocycles. The molecule has 8 heteroatoms. The molecule has 0 aliphatic heterocycles. The Kier molecular flexibility index (Phi) is 5.74. The maximum absolute atomic E-state index is 12.5. The van der Waals surface area contributed by atoms with E-state index in [1.54, 1.807) is 18.2 Å². The third-order valence-electron chi connectivity index (χ3n) is 3.33. The molecule has 0 heterocycles. The summed E-state index contributed by atoms with van der Waals surface area (Å²) in [5, 5.41) is 5.42. The highest BCUT2D eigenvalue weighted by atomic mass is 19.4. The number of ether oxygens (including phenoxy) is 2. The number of methoxy groups -OCH3 is 2. The summed E-state index contributed by atoms with van der Waals surface area (Å²) in [4.78, 5) is 11.9. The fourth-order valence-corrected chi connectivity index (χ4v) is 2.08. The van der Waals surface area contributed by atoms with Crippen LogP contribution >= 0.6 is 0 Å². The van der Waals surface area contributed by atoms with Crippen molar-refractivity contribution in [2.24, 2.45) is 0 Å². The number of alkyl halides is 3. The number of halogens is 3. The van der Waals surface area contributed by atoms with Gasteiger partial charge in [0.25, 0.3) is 0 Å². The Labute approximate surface area is 142 Å². The largest absolute Gasteiger partial charge is 0.493 e. The van der Waals surface area contributed by atoms with E-state index < -0.39 is 11.7 Å². The molecule has 0 aromatic heterocycles. The van der Waals surface area contributed by atoms with Gasteiger partial charge < -0.3 is 20.1 Å². The lowest BCUT2D eigenvalue weighted by atomic mass is 10.2. The molecule has 0 saturated heterocycles. The smallest absolute Gasteiger partial charge is 0.416 e. The van der Waals surface area contributed by atoms with Crippen molar-refractivity contribution >= 4 is 17.3 Å². The number of hydrogen-bond donors (Lipinski definition) is 2. The van der Waals surface area contributed by atoms with Crippen LogP contribution in [0.4, 0.5) is 24.5 Å². The quantitative estimate of drug-likeness (QED) is 0.829. The summed E-state index contributed by atoms with van der Waals surface area (Å²) >= 11 is 0. The van der Waals surface area contributed by atoms with Crippen molar-refractivity contribution < 1.29 is 27.4 Å². The maximum atomic E-state index is 12.5. The summed E-state index contributed by atoms with van der Waals surface area (Å²) in [7, 11) is 2.99. The van der Waals surface area contributed by atoms with Crippen molar-refractivity contribution in [1.82, 2.24) is 0 Å². The third kappa shape index (κ3) is 5.03. The van der Waals surface area contributed by atoms with Crippen LogP contribution in [0.25, 0.3) is 0 Å². The van der Waals surface area contributed by atoms with E-state index in [0.29, 0.717) is 22.9 Å². The SMILES string of the molecule is COc1ccc(NC(=O)CNc2ccc(C(F)(F)F)cc2)cc1OC. The van der Waals surface area contributed by atoms with Crippen LogP contribution in [0.15, 0.2) is 42.5 Å². The molecule has 0 aliphatic carbocycles. The van der Waals surface area contributed by atoms with E-state index in [4.69, 9.17) is 9.47 Å². The minimum atomic E-state index is -4.39. The van der Waals surface area contributed by atoms with Gasteiger partial charge in [-0.3, -0.25) is 4.79 Å². The molecule has 1 amide bonds. The summed E-state index contributed by atoms with van der Waals surface area (Å²) in [5.41, 5.74) is 0.181. The number of carbonyl (C=O) groups is 1. The van der Waals surface area contributed by atoms with E-state index in [1.807, 2.05) is 0 Å². The average Bonchev–Trinajstić information content (AvgIpc) is 2.59. The maximum Gasteiger partial charge on any atom is 0.416 e. The highest BCUT2D eigenvalue weighted by molar-refractivity contribution is 5.94. The van der Waals surface area contributed by atoms with E-state index in [9.17, 15) is 18.0 Å². The van der Waals surface area contributed by atoms with E-state index >= 15 is 0 Å². The van der Waals surface area contributed by atoms with Gasteiger partial charge in [0.2, 0.25) is 5.91 Å². The third-order valence-corrected chi connectivity index (χ3v) is 3.33. The minimum Gasteiger partial charge on any atom is -0.493 e. The number of rotatable bonds is 6. The molecule has 0 atom stereocenters. The van der Waals surface area contributed by atoms with E-state index in [1.165, 1.54) is 26.4 Å². The zero-order valence-electron chi connectivity index (χ0n) is 13.6. The summed E-state index contributed by atoms with van der Waals surface area (Å²) in [6, 6.07) is 9.35. The van der Waals surface area contributed by atoms with Gasteiger partial charge in [0.1, 0.15) is 0 Å². The molecule has 0 spiro atoms. The minimum absolute atomic E-state index is 0.0975. The molecule has 2 N–H and O–H groups in total. The molecule has 2 rings (SSSR count). The van der Waals surface area contributed by atoms with Crippen LogP contribution in [0, 0.1) is 0 Å². The van der Waals surface area contributed by atoms with E-state index in [-0.39, 0.29) is 12.5 Å². The zero-order valence-corrected chi connectivity index (χ0v) is 13.6. The summed E-state index contributed by atoms with van der Waals surface area (Å²) in [6.07, 6.45) is -4.39. The van der Waals surface area contributed by atoms with Crippen LogP contribution in [0.2, 0.25) is 0 Å². The van der Waals surface area contributed by atoms with Gasteiger partial charge in [-0.05, 0) is 36.4 Å². The number of nitrogens with one attached hydrogen (secondary N) is 2. The number of hydrogen-bond acceptors (Lipinski definition) is 4. The molecule has 0 bridgehead atoms. The number of carbonyl (C=O) groups excluding carboxylic acids is 1. The molecule has 25 heavy (non-hydrogen) atoms. The van der Waals surface area contributed by atoms with Gasteiger partial charge in [0, 0.05) is 17.4 Å². The molecular weight excluding hydrogens is 337 g/mol. The molecule has 0 fully saturated rings. The van der Waals surface area contributed by atoms with Crippen molar-refractivity contribution in [2.75, 3.05) is 31.4 Å². The first-order valence-corrected chi connectivity index (χ1v) is 7.26. The molecule has 5 nitrogen and oxygen atoms in total. The summed E-state index contributed by atoms with van der Waals surface area (Å²) in [6.45, 7) is -0.0975. The lowest BCUT2D eigenvalue weighted by Crippen LogP contribution is -2.21. The second-order valence-corrected chi connectivity index (χ2v) is 5.05. The van der Waals surface area contributed by atoms with Crippen LogP contribution < -0.4 is 20.1 Å². The van der Waals surface area contributed by atoms with Crippen molar-refractivity contribution in [1.29, 1.82) is 0 Å². The van der Waals surface area contributed by atoms with E-state index in [0.717, 1.165) is 12.1 Å². The number of anilines is 2. The van der Waals surface area contributed by atoms with Gasteiger partial charge in [-0.1, -0.05) is 0 Å². The Bertz CT molecular complexity index is 731. The number of amides is 1. The Morgan fingerprint density at radius 3 is 2.12 bits per heavy atom. The average molecular weight is 354 g/mol. The molecule has 0 radical (unpaired) electrons. The van der Waals surface area contributed by atoms with Crippen molar-refractivity contribution in [3.05, 3.63) is 48.0 Å². The van der Waals surface area contributed by atoms with E-state index in [2.05, 4.69) is 10.6 Å². The second-order valence-electron chi connectivity index (χ2n) is 5.05. The Morgan fingerprint density at radius 2 is 1.56 bits per heavy atom. The predicted molar refractivity (Wildman–Crippen MR) is 88.1 cm³/mol. The Morgan fingerprint density at radius 1 is 0.960 bits per heavy atom. The Hall–Kier alpha value is -2.90. The van der Waals surface area contributed by atoms with Gasteiger partial charge >= 0.3 is 6.18 Å². The predicted octanol–water partition coefficient (Wildman–Crippen LogP) is 3.77. The molecule has 134 valence electrons. The van der Waals surface area contributed by atoms with Crippen LogP contribution in [-0.4, -0.2) is 26.7 Å². The molecule has 0 unspecified atom stereocenters. The molecular formula is C17H17F3N2O3. The van der Waals surface area contributed by atoms with Gasteiger partial charge in [0.15, 0.2) is 11.5 Å². The molecule has 2 aromatic rings. The highest BCUT2D eigenvalue weighted by Crippen LogP contribution is 2.30. The lowest BCUT2D eigenvalue weighted by Gasteiger charge is -2.12. The van der Waals surface area contributed by atoms with Crippen LogP contribution in [0.1, 0.15) is 5.56 Å². The highest BCUT2D eigenvalue weighted by Gasteiger charge is 2.29. The normalized spacial score (nSPS) is 10.9. The van der Waals surface area contributed by atoms with Gasteiger partial charge in [0.05, 0.1) is 26.3 Å². The zero-order chi connectivity index (χ0) is 18.4. The van der Waals surface area contributed by atoms with Crippen molar-refractivity contribution in [3.63, 3.8) is 0 Å². The van der Waals surface area contributed by atoms with Crippen molar-refractivity contribution in [3.8, 4) is 11.5 Å².